The fourth-order valence-corrected chi connectivity index (χ4v) is 3.04. The molecule has 0 saturated heterocycles. The number of hydrogen-bond acceptors (Lipinski definition) is 6. The molecule has 0 fully saturated rings. The highest BCUT2D eigenvalue weighted by Gasteiger charge is 2.18. The third-order valence-electron chi connectivity index (χ3n) is 4.80. The number of nitrogens with two attached hydrogens (primary N) is 1. The lowest BCUT2D eigenvalue weighted by Gasteiger charge is -2.09. The monoisotopic (exact) mass is 446 g/mol. The van der Waals surface area contributed by atoms with Gasteiger partial charge in [0.05, 0.1) is 0 Å². The second kappa shape index (κ2) is 9.22. The van der Waals surface area contributed by atoms with E-state index in [0.29, 0.717) is 11.1 Å². The number of aromatic nitrogens is 4. The fourth-order valence-electron chi connectivity index (χ4n) is 3.04. The maximum Gasteiger partial charge on any atom is 0.270 e. The molecule has 10 nitrogen and oxygen atoms in total. The Kier molecular flexibility index (Phi) is 6.02. The summed E-state index contributed by atoms with van der Waals surface area (Å²) in [5.74, 6) is -1.30. The highest BCUT2D eigenvalue weighted by atomic mass is 19.1. The number of nitrogen functional groups attached to an aromatic ring is 1. The number of rotatable bonds is 7. The van der Waals surface area contributed by atoms with E-state index >= 15 is 0 Å². The molecule has 2 aromatic carbocycles. The molecule has 0 aliphatic rings. The molecular formula is C22H19FN8O2. The van der Waals surface area contributed by atoms with Gasteiger partial charge in [-0.25, -0.2) is 9.37 Å². The first-order valence-corrected chi connectivity index (χ1v) is 9.85. The Bertz CT molecular complexity index is 1330. The predicted octanol–water partition coefficient (Wildman–Crippen LogP) is 1.41. The van der Waals surface area contributed by atoms with Crippen LogP contribution in [0.4, 0.5) is 4.39 Å². The first-order chi connectivity index (χ1) is 15.9. The summed E-state index contributed by atoms with van der Waals surface area (Å²) in [5, 5.41) is 16.9. The van der Waals surface area contributed by atoms with E-state index < -0.39 is 11.8 Å². The van der Waals surface area contributed by atoms with Crippen LogP contribution in [-0.2, 0) is 13.1 Å². The molecule has 0 aliphatic carbocycles. The SMILES string of the molecule is N=C(N)c1ccc(CNC(=O)c2cc(C(=O)NCc3ccc(F)cc3)nc3ncnn23)cc1. The molecule has 2 aromatic heterocycles. The van der Waals surface area contributed by atoms with E-state index in [1.165, 1.54) is 29.0 Å². The quantitative estimate of drug-likeness (QED) is 0.249. The van der Waals surface area contributed by atoms with Gasteiger partial charge in [0.1, 0.15) is 29.4 Å². The largest absolute Gasteiger partial charge is 0.384 e. The zero-order valence-corrected chi connectivity index (χ0v) is 17.2. The van der Waals surface area contributed by atoms with E-state index in [2.05, 4.69) is 25.7 Å². The van der Waals surface area contributed by atoms with Crippen LogP contribution in [0.2, 0.25) is 0 Å². The molecule has 2 heterocycles. The van der Waals surface area contributed by atoms with E-state index in [-0.39, 0.29) is 41.9 Å². The summed E-state index contributed by atoms with van der Waals surface area (Å²) in [4.78, 5) is 33.6. The molecule has 166 valence electrons. The second-order valence-electron chi connectivity index (χ2n) is 7.10. The van der Waals surface area contributed by atoms with E-state index in [1.807, 2.05) is 0 Å². The number of fused-ring (bicyclic) bond motifs is 1. The maximum atomic E-state index is 13.0. The number of carbonyl (C=O) groups is 2. The summed E-state index contributed by atoms with van der Waals surface area (Å²) >= 11 is 0. The minimum atomic E-state index is -0.515. The number of hydrogen-bond donors (Lipinski definition) is 4. The molecule has 4 rings (SSSR count). The third kappa shape index (κ3) is 4.98. The van der Waals surface area contributed by atoms with Gasteiger partial charge in [0.2, 0.25) is 0 Å². The van der Waals surface area contributed by atoms with E-state index in [9.17, 15) is 14.0 Å². The second-order valence-corrected chi connectivity index (χ2v) is 7.10. The average molecular weight is 446 g/mol. The number of nitrogens with one attached hydrogen (secondary N) is 3. The van der Waals surface area contributed by atoms with Crippen molar-refractivity contribution >= 4 is 23.4 Å². The molecule has 0 atom stereocenters. The standard InChI is InChI=1S/C22H19FN8O2/c23-16-7-3-14(4-8-16)10-26-20(32)17-9-18(31-22(30-17)28-12-29-31)21(33)27-11-13-1-5-15(6-2-13)19(24)25/h1-9,12H,10-11H2,(H3,24,25)(H,26,32)(H,27,33). The molecule has 0 saturated carbocycles. The Labute approximate surface area is 187 Å². The van der Waals surface area contributed by atoms with Gasteiger partial charge in [-0.1, -0.05) is 36.4 Å². The van der Waals surface area contributed by atoms with Gasteiger partial charge in [0.15, 0.2) is 0 Å². The fraction of sp³-hybridized carbons (Fsp3) is 0.0909. The average Bonchev–Trinajstić information content (AvgIpc) is 3.30. The van der Waals surface area contributed by atoms with Crippen LogP contribution < -0.4 is 16.4 Å². The van der Waals surface area contributed by atoms with Gasteiger partial charge >= 0.3 is 0 Å². The lowest BCUT2D eigenvalue weighted by atomic mass is 10.1. The topological polar surface area (TPSA) is 151 Å². The van der Waals surface area contributed by atoms with Gasteiger partial charge in [0, 0.05) is 24.7 Å². The van der Waals surface area contributed by atoms with Gasteiger partial charge in [-0.05, 0) is 23.3 Å². The van der Waals surface area contributed by atoms with Gasteiger partial charge < -0.3 is 16.4 Å². The van der Waals surface area contributed by atoms with Crippen LogP contribution in [0.1, 0.15) is 37.7 Å². The van der Waals surface area contributed by atoms with Crippen LogP contribution in [-0.4, -0.2) is 37.2 Å². The smallest absolute Gasteiger partial charge is 0.270 e. The lowest BCUT2D eigenvalue weighted by Crippen LogP contribution is -2.28. The van der Waals surface area contributed by atoms with Crippen LogP contribution in [0, 0.1) is 11.2 Å². The summed E-state index contributed by atoms with van der Waals surface area (Å²) < 4.78 is 14.3. The van der Waals surface area contributed by atoms with Crippen molar-refractivity contribution in [3.8, 4) is 0 Å². The van der Waals surface area contributed by atoms with Gasteiger partial charge in [-0.15, -0.1) is 0 Å². The van der Waals surface area contributed by atoms with Gasteiger partial charge in [0.25, 0.3) is 17.6 Å². The highest BCUT2D eigenvalue weighted by Crippen LogP contribution is 2.09. The summed E-state index contributed by atoms with van der Waals surface area (Å²) in [6.45, 7) is 0.373. The number of amidine groups is 1. The molecule has 11 heteroatoms. The highest BCUT2D eigenvalue weighted by molar-refractivity contribution is 5.98. The summed E-state index contributed by atoms with van der Waals surface area (Å²) in [6.07, 6.45) is 1.24. The maximum absolute atomic E-state index is 13.0. The summed E-state index contributed by atoms with van der Waals surface area (Å²) in [7, 11) is 0. The minimum absolute atomic E-state index is 0.00595. The van der Waals surface area contributed by atoms with Crippen molar-refractivity contribution in [2.45, 2.75) is 13.1 Å². The zero-order valence-electron chi connectivity index (χ0n) is 17.2. The molecule has 0 spiro atoms. The molecule has 0 bridgehead atoms. The van der Waals surface area contributed by atoms with Crippen molar-refractivity contribution in [3.63, 3.8) is 0 Å². The van der Waals surface area contributed by atoms with Crippen molar-refractivity contribution in [2.75, 3.05) is 0 Å². The molecule has 0 unspecified atom stereocenters. The van der Waals surface area contributed by atoms with Crippen molar-refractivity contribution in [3.05, 3.63) is 94.8 Å². The van der Waals surface area contributed by atoms with Gasteiger partial charge in [-0.2, -0.15) is 14.6 Å². The Hall–Kier alpha value is -4.67. The summed E-state index contributed by atoms with van der Waals surface area (Å²) in [6, 6.07) is 13.9. The van der Waals surface area contributed by atoms with Crippen LogP contribution in [0.25, 0.3) is 5.78 Å². The first kappa shape index (κ1) is 21.6. The predicted molar refractivity (Wildman–Crippen MR) is 117 cm³/mol. The number of amides is 2. The molecule has 33 heavy (non-hydrogen) atoms. The number of halogens is 1. The normalized spacial score (nSPS) is 10.7. The zero-order chi connectivity index (χ0) is 23.4. The van der Waals surface area contributed by atoms with Crippen LogP contribution in [0.15, 0.2) is 60.9 Å². The van der Waals surface area contributed by atoms with Crippen molar-refractivity contribution < 1.29 is 14.0 Å². The molecule has 0 aliphatic heterocycles. The van der Waals surface area contributed by atoms with E-state index in [0.717, 1.165) is 5.56 Å². The minimum Gasteiger partial charge on any atom is -0.384 e. The Morgan fingerprint density at radius 1 is 0.970 bits per heavy atom. The molecule has 2 amide bonds. The van der Waals surface area contributed by atoms with E-state index in [4.69, 9.17) is 11.1 Å². The Morgan fingerprint density at radius 3 is 2.21 bits per heavy atom. The molecule has 0 radical (unpaired) electrons. The third-order valence-corrected chi connectivity index (χ3v) is 4.80. The Balaban J connectivity index is 1.49. The molecular weight excluding hydrogens is 427 g/mol. The number of benzene rings is 2. The Morgan fingerprint density at radius 2 is 1.58 bits per heavy atom. The van der Waals surface area contributed by atoms with Crippen molar-refractivity contribution in [1.82, 2.24) is 30.2 Å². The molecule has 5 N–H and O–H groups in total. The number of nitrogens with zero attached hydrogens (tertiary/aromatic N) is 4. The summed E-state index contributed by atoms with van der Waals surface area (Å²) in [5.41, 5.74) is 7.62. The van der Waals surface area contributed by atoms with Crippen molar-refractivity contribution in [2.24, 2.45) is 5.73 Å². The van der Waals surface area contributed by atoms with Crippen LogP contribution in [0.5, 0.6) is 0 Å². The van der Waals surface area contributed by atoms with Crippen molar-refractivity contribution in [1.29, 1.82) is 5.41 Å². The van der Waals surface area contributed by atoms with Crippen LogP contribution in [0.3, 0.4) is 0 Å². The van der Waals surface area contributed by atoms with Crippen LogP contribution >= 0.6 is 0 Å². The lowest BCUT2D eigenvalue weighted by molar-refractivity contribution is 0.0942. The molecule has 4 aromatic rings. The number of carbonyl (C=O) groups excluding carboxylic acids is 2. The van der Waals surface area contributed by atoms with E-state index in [1.54, 1.807) is 36.4 Å². The first-order valence-electron chi connectivity index (χ1n) is 9.85. The van der Waals surface area contributed by atoms with Gasteiger partial charge in [-0.3, -0.25) is 15.0 Å².